The normalized spacial score (nSPS) is 20.2. The molecule has 1 saturated heterocycles. The molecular formula is C15H27N5O2. The van der Waals surface area contributed by atoms with Gasteiger partial charge >= 0.3 is 0 Å². The summed E-state index contributed by atoms with van der Waals surface area (Å²) in [6.45, 7) is 6.66. The van der Waals surface area contributed by atoms with Gasteiger partial charge < -0.3 is 15.4 Å². The van der Waals surface area contributed by atoms with Gasteiger partial charge in [0.15, 0.2) is 0 Å². The van der Waals surface area contributed by atoms with Gasteiger partial charge in [-0.1, -0.05) is 0 Å². The van der Waals surface area contributed by atoms with Crippen molar-refractivity contribution in [3.63, 3.8) is 0 Å². The van der Waals surface area contributed by atoms with Crippen LogP contribution >= 0.6 is 0 Å². The van der Waals surface area contributed by atoms with Crippen molar-refractivity contribution in [2.24, 2.45) is 11.7 Å². The van der Waals surface area contributed by atoms with Crippen LogP contribution in [0.5, 0.6) is 0 Å². The number of carbonyl (C=O) groups excluding carboxylic acids is 1. The van der Waals surface area contributed by atoms with Crippen LogP contribution in [0.25, 0.3) is 0 Å². The Kier molecular flexibility index (Phi) is 5.90. The number of hydrogen-bond donors (Lipinski definition) is 1. The Labute approximate surface area is 131 Å². The van der Waals surface area contributed by atoms with Crippen LogP contribution < -0.4 is 5.73 Å². The maximum Gasteiger partial charge on any atom is 0.225 e. The highest BCUT2D eigenvalue weighted by Crippen LogP contribution is 2.20. The summed E-state index contributed by atoms with van der Waals surface area (Å²) in [7, 11) is 1.60. The smallest absolute Gasteiger partial charge is 0.225 e. The molecule has 2 heterocycles. The Morgan fingerprint density at radius 2 is 2.27 bits per heavy atom. The highest BCUT2D eigenvalue weighted by molar-refractivity contribution is 5.76. The van der Waals surface area contributed by atoms with Gasteiger partial charge in [-0.2, -0.15) is 5.10 Å². The Balaban J connectivity index is 1.91. The lowest BCUT2D eigenvalue weighted by molar-refractivity contribution is -0.135. The first-order chi connectivity index (χ1) is 10.5. The van der Waals surface area contributed by atoms with Crippen LogP contribution in [0.15, 0.2) is 0 Å². The summed E-state index contributed by atoms with van der Waals surface area (Å²) in [5.41, 5.74) is 5.60. The Morgan fingerprint density at radius 3 is 2.86 bits per heavy atom. The number of nitrogens with zero attached hydrogens (tertiary/aromatic N) is 4. The average Bonchev–Trinajstić information content (AvgIpc) is 2.82. The number of rotatable bonds is 6. The van der Waals surface area contributed by atoms with E-state index in [0.29, 0.717) is 18.9 Å². The van der Waals surface area contributed by atoms with Crippen molar-refractivity contribution in [2.45, 2.75) is 45.8 Å². The topological polar surface area (TPSA) is 86.3 Å². The maximum absolute atomic E-state index is 12.4. The fraction of sp³-hybridized carbons (Fsp3) is 0.800. The number of nitrogens with two attached hydrogens (primary N) is 1. The van der Waals surface area contributed by atoms with E-state index in [1.807, 2.05) is 23.4 Å². The summed E-state index contributed by atoms with van der Waals surface area (Å²) in [6.07, 6.45) is 2.32. The van der Waals surface area contributed by atoms with Gasteiger partial charge in [0.2, 0.25) is 5.91 Å². The SMILES string of the molecule is COC(CN)CC(=O)N1CCCC(Cn2nc(C)nc2C)C1. The minimum Gasteiger partial charge on any atom is -0.380 e. The molecule has 124 valence electrons. The minimum absolute atomic E-state index is 0.133. The van der Waals surface area contributed by atoms with E-state index in [9.17, 15) is 4.79 Å². The molecule has 1 amide bonds. The predicted octanol–water partition coefficient (Wildman–Crippen LogP) is 0.497. The molecule has 7 nitrogen and oxygen atoms in total. The fourth-order valence-electron chi connectivity index (χ4n) is 3.01. The summed E-state index contributed by atoms with van der Waals surface area (Å²) in [4.78, 5) is 18.6. The third kappa shape index (κ3) is 4.27. The van der Waals surface area contributed by atoms with Crippen LogP contribution in [0.3, 0.4) is 0 Å². The molecule has 1 aliphatic heterocycles. The van der Waals surface area contributed by atoms with E-state index in [0.717, 1.165) is 44.1 Å². The molecule has 2 N–H and O–H groups in total. The van der Waals surface area contributed by atoms with Crippen molar-refractivity contribution in [2.75, 3.05) is 26.7 Å². The molecule has 2 unspecified atom stereocenters. The molecular weight excluding hydrogens is 282 g/mol. The molecule has 1 aliphatic rings. The van der Waals surface area contributed by atoms with Gasteiger partial charge in [0, 0.05) is 33.3 Å². The molecule has 0 spiro atoms. The molecule has 0 bridgehead atoms. The molecule has 1 aromatic heterocycles. The van der Waals surface area contributed by atoms with Crippen molar-refractivity contribution in [1.82, 2.24) is 19.7 Å². The number of aromatic nitrogens is 3. The number of ether oxygens (including phenoxy) is 1. The van der Waals surface area contributed by atoms with Gasteiger partial charge in [0.05, 0.1) is 12.5 Å². The minimum atomic E-state index is -0.187. The quantitative estimate of drug-likeness (QED) is 0.827. The van der Waals surface area contributed by atoms with Gasteiger partial charge in [-0.15, -0.1) is 0 Å². The highest BCUT2D eigenvalue weighted by atomic mass is 16.5. The standard InChI is InChI=1S/C15H27N5O2/c1-11-17-12(2)20(18-11)10-13-5-4-6-19(9-13)15(21)7-14(8-16)22-3/h13-14H,4-10,16H2,1-3H3. The summed E-state index contributed by atoms with van der Waals surface area (Å²) < 4.78 is 7.16. The lowest BCUT2D eigenvalue weighted by Gasteiger charge is -2.33. The van der Waals surface area contributed by atoms with E-state index < -0.39 is 0 Å². The number of aryl methyl sites for hydroxylation is 2. The molecule has 2 rings (SSSR count). The van der Waals surface area contributed by atoms with E-state index in [1.54, 1.807) is 7.11 Å². The van der Waals surface area contributed by atoms with E-state index in [-0.39, 0.29) is 12.0 Å². The van der Waals surface area contributed by atoms with Gasteiger partial charge in [-0.25, -0.2) is 9.67 Å². The average molecular weight is 309 g/mol. The number of hydrogen-bond acceptors (Lipinski definition) is 5. The monoisotopic (exact) mass is 309 g/mol. The highest BCUT2D eigenvalue weighted by Gasteiger charge is 2.26. The van der Waals surface area contributed by atoms with Crippen molar-refractivity contribution < 1.29 is 9.53 Å². The first kappa shape index (κ1) is 16.9. The Bertz CT molecular complexity index is 498. The summed E-state index contributed by atoms with van der Waals surface area (Å²) in [5.74, 6) is 2.29. The molecule has 1 aromatic rings. The number of piperidine rings is 1. The van der Waals surface area contributed by atoms with Crippen LogP contribution in [0.1, 0.15) is 30.9 Å². The van der Waals surface area contributed by atoms with Crippen molar-refractivity contribution in [3.05, 3.63) is 11.6 Å². The molecule has 0 saturated carbocycles. The van der Waals surface area contributed by atoms with E-state index in [1.165, 1.54) is 0 Å². The predicted molar refractivity (Wildman–Crippen MR) is 83.3 cm³/mol. The van der Waals surface area contributed by atoms with E-state index in [4.69, 9.17) is 10.5 Å². The molecule has 7 heteroatoms. The molecule has 0 aliphatic carbocycles. The van der Waals surface area contributed by atoms with E-state index in [2.05, 4.69) is 10.1 Å². The Hall–Kier alpha value is -1.47. The first-order valence-electron chi connectivity index (χ1n) is 7.92. The van der Waals surface area contributed by atoms with E-state index >= 15 is 0 Å². The van der Waals surface area contributed by atoms with Crippen molar-refractivity contribution in [1.29, 1.82) is 0 Å². The van der Waals surface area contributed by atoms with Crippen LogP contribution in [0.2, 0.25) is 0 Å². The lowest BCUT2D eigenvalue weighted by Crippen LogP contribution is -2.43. The zero-order valence-corrected chi connectivity index (χ0v) is 13.8. The molecule has 0 aromatic carbocycles. The van der Waals surface area contributed by atoms with Gasteiger partial charge in [0.1, 0.15) is 11.6 Å². The van der Waals surface area contributed by atoms with Gasteiger partial charge in [-0.3, -0.25) is 4.79 Å². The van der Waals surface area contributed by atoms with Crippen LogP contribution in [0.4, 0.5) is 0 Å². The van der Waals surface area contributed by atoms with Crippen molar-refractivity contribution >= 4 is 5.91 Å². The summed E-state index contributed by atoms with van der Waals surface area (Å²) in [6, 6.07) is 0. The first-order valence-corrected chi connectivity index (χ1v) is 7.92. The van der Waals surface area contributed by atoms with Crippen LogP contribution in [-0.4, -0.2) is 58.4 Å². The Morgan fingerprint density at radius 1 is 1.50 bits per heavy atom. The number of amides is 1. The van der Waals surface area contributed by atoms with Gasteiger partial charge in [-0.05, 0) is 32.6 Å². The second-order valence-electron chi connectivity index (χ2n) is 6.03. The zero-order valence-electron chi connectivity index (χ0n) is 13.8. The zero-order chi connectivity index (χ0) is 16.1. The molecule has 0 radical (unpaired) electrons. The largest absolute Gasteiger partial charge is 0.380 e. The van der Waals surface area contributed by atoms with Crippen molar-refractivity contribution in [3.8, 4) is 0 Å². The number of methoxy groups -OCH3 is 1. The number of carbonyl (C=O) groups is 1. The third-order valence-corrected chi connectivity index (χ3v) is 4.26. The van der Waals surface area contributed by atoms with Crippen LogP contribution in [0, 0.1) is 19.8 Å². The fourth-order valence-corrected chi connectivity index (χ4v) is 3.01. The van der Waals surface area contributed by atoms with Crippen LogP contribution in [-0.2, 0) is 16.1 Å². The molecule has 2 atom stereocenters. The van der Waals surface area contributed by atoms with Gasteiger partial charge in [0.25, 0.3) is 0 Å². The molecule has 1 fully saturated rings. The number of likely N-dealkylation sites (tertiary alicyclic amines) is 1. The maximum atomic E-state index is 12.4. The second-order valence-corrected chi connectivity index (χ2v) is 6.03. The summed E-state index contributed by atoms with van der Waals surface area (Å²) in [5, 5.41) is 4.41. The third-order valence-electron chi connectivity index (χ3n) is 4.26. The lowest BCUT2D eigenvalue weighted by atomic mass is 9.97. The molecule has 22 heavy (non-hydrogen) atoms. The second kappa shape index (κ2) is 7.69. The summed E-state index contributed by atoms with van der Waals surface area (Å²) >= 11 is 0.